The van der Waals surface area contributed by atoms with Crippen LogP contribution >= 0.6 is 0 Å². The van der Waals surface area contributed by atoms with E-state index in [9.17, 15) is 9.90 Å². The van der Waals surface area contributed by atoms with E-state index in [0.29, 0.717) is 5.56 Å². The third-order valence-electron chi connectivity index (χ3n) is 5.69. The zero-order valence-electron chi connectivity index (χ0n) is 16.6. The predicted molar refractivity (Wildman–Crippen MR) is 124 cm³/mol. The fourth-order valence-electron chi connectivity index (χ4n) is 4.25. The third-order valence-corrected chi connectivity index (χ3v) is 5.69. The molecule has 0 amide bonds. The van der Waals surface area contributed by atoms with E-state index in [2.05, 4.69) is 79.7 Å². The summed E-state index contributed by atoms with van der Waals surface area (Å²) in [6, 6.07) is 32.8. The Hall–Kier alpha value is -3.91. The summed E-state index contributed by atoms with van der Waals surface area (Å²) >= 11 is 0. The highest BCUT2D eigenvalue weighted by Gasteiger charge is 2.16. The number of carboxylic acid groups (broad SMARTS) is 1. The highest BCUT2D eigenvalue weighted by molar-refractivity contribution is 6.21. The topological polar surface area (TPSA) is 37.3 Å². The summed E-state index contributed by atoms with van der Waals surface area (Å²) in [5, 5.41) is 14.0. The Labute approximate surface area is 175 Å². The van der Waals surface area contributed by atoms with Gasteiger partial charge in [-0.1, -0.05) is 90.5 Å². The van der Waals surface area contributed by atoms with Crippen molar-refractivity contribution in [1.82, 2.24) is 0 Å². The molecule has 0 saturated heterocycles. The van der Waals surface area contributed by atoms with Gasteiger partial charge in [0, 0.05) is 0 Å². The second kappa shape index (κ2) is 7.16. The van der Waals surface area contributed by atoms with Crippen molar-refractivity contribution in [1.29, 1.82) is 0 Å². The lowest BCUT2D eigenvalue weighted by Crippen LogP contribution is -1.95. The maximum absolute atomic E-state index is 11.3. The lowest BCUT2D eigenvalue weighted by atomic mass is 9.86. The molecule has 0 aliphatic rings. The van der Waals surface area contributed by atoms with Crippen LogP contribution in [0, 0.1) is 6.92 Å². The number of hydrogen-bond donors (Lipinski definition) is 1. The van der Waals surface area contributed by atoms with Crippen molar-refractivity contribution in [3.63, 3.8) is 0 Å². The normalized spacial score (nSPS) is 11.1. The van der Waals surface area contributed by atoms with E-state index in [1.54, 1.807) is 12.1 Å². The van der Waals surface area contributed by atoms with Gasteiger partial charge < -0.3 is 5.11 Å². The Balaban J connectivity index is 1.90. The molecule has 0 saturated carbocycles. The molecule has 0 radical (unpaired) electrons. The number of carboxylic acids is 1. The number of carbonyl (C=O) groups is 1. The van der Waals surface area contributed by atoms with Crippen molar-refractivity contribution >= 4 is 27.5 Å². The van der Waals surface area contributed by atoms with Gasteiger partial charge in [-0.15, -0.1) is 0 Å². The highest BCUT2D eigenvalue weighted by Crippen LogP contribution is 2.43. The standard InChI is InChI=1S/C28H20O2/c1-18-10-12-19(13-11-18)26-22-6-2-4-8-24(22)27(25-9-5-3-7-23(25)26)20-14-16-21(17-15-20)28(29)30/h2-17H,1H3,(H,29,30). The largest absolute Gasteiger partial charge is 0.478 e. The molecule has 30 heavy (non-hydrogen) atoms. The number of hydrogen-bond acceptors (Lipinski definition) is 1. The van der Waals surface area contributed by atoms with Gasteiger partial charge in [-0.05, 0) is 62.9 Å². The molecule has 0 aliphatic carbocycles. The maximum Gasteiger partial charge on any atom is 0.335 e. The summed E-state index contributed by atoms with van der Waals surface area (Å²) in [6.07, 6.45) is 0. The lowest BCUT2D eigenvalue weighted by molar-refractivity contribution is 0.0697. The molecule has 0 aliphatic heterocycles. The van der Waals surface area contributed by atoms with Gasteiger partial charge in [-0.2, -0.15) is 0 Å². The molecule has 5 rings (SSSR count). The number of fused-ring (bicyclic) bond motifs is 2. The summed E-state index contributed by atoms with van der Waals surface area (Å²) in [5.74, 6) is -0.911. The van der Waals surface area contributed by atoms with Crippen LogP contribution in [0.5, 0.6) is 0 Å². The Morgan fingerprint density at radius 3 is 1.30 bits per heavy atom. The first kappa shape index (κ1) is 18.1. The zero-order chi connectivity index (χ0) is 20.7. The van der Waals surface area contributed by atoms with E-state index >= 15 is 0 Å². The molecule has 5 aromatic rings. The van der Waals surface area contributed by atoms with Gasteiger partial charge >= 0.3 is 5.97 Å². The molecule has 144 valence electrons. The van der Waals surface area contributed by atoms with Crippen molar-refractivity contribution in [2.24, 2.45) is 0 Å². The second-order valence-electron chi connectivity index (χ2n) is 7.59. The summed E-state index contributed by atoms with van der Waals surface area (Å²) in [7, 11) is 0. The molecular weight excluding hydrogens is 368 g/mol. The summed E-state index contributed by atoms with van der Waals surface area (Å²) < 4.78 is 0. The van der Waals surface area contributed by atoms with Crippen LogP contribution in [0.4, 0.5) is 0 Å². The average Bonchev–Trinajstić information content (AvgIpc) is 2.78. The molecule has 0 spiro atoms. The lowest BCUT2D eigenvalue weighted by Gasteiger charge is -2.17. The smallest absolute Gasteiger partial charge is 0.335 e. The van der Waals surface area contributed by atoms with Gasteiger partial charge in [0.2, 0.25) is 0 Å². The average molecular weight is 388 g/mol. The summed E-state index contributed by atoms with van der Waals surface area (Å²) in [6.45, 7) is 2.10. The SMILES string of the molecule is Cc1ccc(-c2c3ccccc3c(-c3ccc(C(=O)O)cc3)c3ccccc23)cc1. The predicted octanol–water partition coefficient (Wildman–Crippen LogP) is 7.33. The molecule has 0 heterocycles. The molecule has 0 aromatic heterocycles. The van der Waals surface area contributed by atoms with E-state index in [1.165, 1.54) is 27.5 Å². The molecule has 2 nitrogen and oxygen atoms in total. The molecule has 0 unspecified atom stereocenters. The number of benzene rings is 5. The Kier molecular flexibility index (Phi) is 4.33. The van der Waals surface area contributed by atoms with Crippen LogP contribution < -0.4 is 0 Å². The van der Waals surface area contributed by atoms with Gasteiger partial charge in [0.25, 0.3) is 0 Å². The van der Waals surface area contributed by atoms with E-state index < -0.39 is 5.97 Å². The highest BCUT2D eigenvalue weighted by atomic mass is 16.4. The van der Waals surface area contributed by atoms with Gasteiger partial charge in [0.1, 0.15) is 0 Å². The minimum Gasteiger partial charge on any atom is -0.478 e. The first-order valence-electron chi connectivity index (χ1n) is 9.98. The molecule has 1 N–H and O–H groups in total. The molecule has 5 aromatic carbocycles. The van der Waals surface area contributed by atoms with Crippen LogP contribution in [0.15, 0.2) is 97.1 Å². The van der Waals surface area contributed by atoms with Crippen LogP contribution in [0.3, 0.4) is 0 Å². The number of aromatic carboxylic acids is 1. The molecule has 0 fully saturated rings. The monoisotopic (exact) mass is 388 g/mol. The maximum atomic E-state index is 11.3. The zero-order valence-corrected chi connectivity index (χ0v) is 16.6. The van der Waals surface area contributed by atoms with Gasteiger partial charge in [-0.25, -0.2) is 4.79 Å². The minimum absolute atomic E-state index is 0.295. The second-order valence-corrected chi connectivity index (χ2v) is 7.59. The molecule has 0 atom stereocenters. The summed E-state index contributed by atoms with van der Waals surface area (Å²) in [4.78, 5) is 11.3. The Bertz CT molecular complexity index is 1340. The van der Waals surface area contributed by atoms with Crippen LogP contribution in [0.25, 0.3) is 43.8 Å². The van der Waals surface area contributed by atoms with E-state index in [-0.39, 0.29) is 0 Å². The third kappa shape index (κ3) is 2.94. The first-order chi connectivity index (χ1) is 14.6. The Morgan fingerprint density at radius 2 is 0.933 bits per heavy atom. The fraction of sp³-hybridized carbons (Fsp3) is 0.0357. The minimum atomic E-state index is -0.911. The van der Waals surface area contributed by atoms with Crippen molar-refractivity contribution in [3.8, 4) is 22.3 Å². The van der Waals surface area contributed by atoms with Crippen molar-refractivity contribution in [2.75, 3.05) is 0 Å². The summed E-state index contributed by atoms with van der Waals surface area (Å²) in [5.41, 5.74) is 6.11. The first-order valence-corrected chi connectivity index (χ1v) is 9.98. The molecular formula is C28H20O2. The van der Waals surface area contributed by atoms with Crippen LogP contribution in [-0.4, -0.2) is 11.1 Å². The van der Waals surface area contributed by atoms with E-state index in [1.807, 2.05) is 12.1 Å². The van der Waals surface area contributed by atoms with Gasteiger partial charge in [-0.3, -0.25) is 0 Å². The molecule has 2 heteroatoms. The van der Waals surface area contributed by atoms with Crippen LogP contribution in [0.2, 0.25) is 0 Å². The van der Waals surface area contributed by atoms with Crippen molar-refractivity contribution < 1.29 is 9.90 Å². The van der Waals surface area contributed by atoms with E-state index in [0.717, 1.165) is 21.9 Å². The molecule has 0 bridgehead atoms. The number of rotatable bonds is 3. The van der Waals surface area contributed by atoms with E-state index in [4.69, 9.17) is 0 Å². The number of aryl methyl sites for hydroxylation is 1. The van der Waals surface area contributed by atoms with Crippen molar-refractivity contribution in [2.45, 2.75) is 6.92 Å². The Morgan fingerprint density at radius 1 is 0.567 bits per heavy atom. The van der Waals surface area contributed by atoms with Crippen LogP contribution in [-0.2, 0) is 0 Å². The fourth-order valence-corrected chi connectivity index (χ4v) is 4.25. The van der Waals surface area contributed by atoms with Gasteiger partial charge in [0.15, 0.2) is 0 Å². The van der Waals surface area contributed by atoms with Crippen LogP contribution in [0.1, 0.15) is 15.9 Å². The quantitative estimate of drug-likeness (QED) is 0.328. The van der Waals surface area contributed by atoms with Crippen molar-refractivity contribution in [3.05, 3.63) is 108 Å². The van der Waals surface area contributed by atoms with Gasteiger partial charge in [0.05, 0.1) is 5.56 Å².